The monoisotopic (exact) mass is 428 g/mol. The molecule has 176 valence electrons. The highest BCUT2D eigenvalue weighted by molar-refractivity contribution is 5.83. The number of aliphatic carboxylic acids is 2. The summed E-state index contributed by atoms with van der Waals surface area (Å²) in [5.41, 5.74) is 0. The van der Waals surface area contributed by atoms with Crippen LogP contribution in [0.2, 0.25) is 0 Å². The van der Waals surface area contributed by atoms with Crippen LogP contribution in [0.1, 0.15) is 117 Å². The second kappa shape index (κ2) is 18.2. The van der Waals surface area contributed by atoms with Crippen molar-refractivity contribution in [3.63, 3.8) is 0 Å². The Hall–Kier alpha value is -1.59. The molecule has 0 spiro atoms. The topological polar surface area (TPSA) is 101 Å². The van der Waals surface area contributed by atoms with E-state index in [0.717, 1.165) is 19.3 Å². The van der Waals surface area contributed by atoms with E-state index in [1.807, 2.05) is 0 Å². The largest absolute Gasteiger partial charge is 0.481 e. The maximum Gasteiger partial charge on any atom is 0.344 e. The van der Waals surface area contributed by atoms with E-state index in [9.17, 15) is 19.5 Å². The molecule has 3 atom stereocenters. The van der Waals surface area contributed by atoms with Gasteiger partial charge >= 0.3 is 17.9 Å². The van der Waals surface area contributed by atoms with Gasteiger partial charge in [-0.25, -0.2) is 4.79 Å². The molecule has 0 saturated carbocycles. The number of hydrogen-bond donors (Lipinski definition) is 2. The standard InChI is InChI=1S/C24H44O6/c1-4-5-6-7-8-9-10-11-12-13-14-15-16-17-18-21(23(27)28)19(2)24(29)30-20(3)22(25)26/h19-21H,4-18H2,1-3H3,(H,25,26)(H,27,28). The van der Waals surface area contributed by atoms with Crippen LogP contribution in [0.5, 0.6) is 0 Å². The van der Waals surface area contributed by atoms with Gasteiger partial charge in [-0.05, 0) is 13.3 Å². The zero-order valence-corrected chi connectivity index (χ0v) is 19.4. The van der Waals surface area contributed by atoms with E-state index < -0.39 is 35.8 Å². The maximum atomic E-state index is 12.0. The quantitative estimate of drug-likeness (QED) is 0.176. The van der Waals surface area contributed by atoms with Crippen molar-refractivity contribution in [2.45, 2.75) is 123 Å². The van der Waals surface area contributed by atoms with Gasteiger partial charge in [0.05, 0.1) is 11.8 Å². The molecule has 0 aromatic rings. The van der Waals surface area contributed by atoms with Crippen LogP contribution in [0.25, 0.3) is 0 Å². The first-order valence-corrected chi connectivity index (χ1v) is 12.0. The van der Waals surface area contributed by atoms with Crippen molar-refractivity contribution in [1.29, 1.82) is 0 Å². The predicted molar refractivity (Wildman–Crippen MR) is 118 cm³/mol. The number of unbranched alkanes of at least 4 members (excludes halogenated alkanes) is 13. The van der Waals surface area contributed by atoms with Gasteiger partial charge in [0, 0.05) is 0 Å². The molecule has 0 radical (unpaired) electrons. The van der Waals surface area contributed by atoms with Gasteiger partial charge < -0.3 is 14.9 Å². The lowest BCUT2D eigenvalue weighted by Crippen LogP contribution is -2.33. The first-order chi connectivity index (χ1) is 14.3. The van der Waals surface area contributed by atoms with Crippen molar-refractivity contribution < 1.29 is 29.3 Å². The Bertz CT molecular complexity index is 476. The minimum Gasteiger partial charge on any atom is -0.481 e. The zero-order chi connectivity index (χ0) is 22.8. The second-order valence-corrected chi connectivity index (χ2v) is 8.54. The fraction of sp³-hybridized carbons (Fsp3) is 0.875. The van der Waals surface area contributed by atoms with Crippen LogP contribution in [0.15, 0.2) is 0 Å². The van der Waals surface area contributed by atoms with E-state index in [2.05, 4.69) is 6.92 Å². The summed E-state index contributed by atoms with van der Waals surface area (Å²) in [7, 11) is 0. The van der Waals surface area contributed by atoms with Crippen molar-refractivity contribution in [1.82, 2.24) is 0 Å². The minimum atomic E-state index is -1.27. The lowest BCUT2D eigenvalue weighted by molar-refractivity contribution is -0.168. The maximum absolute atomic E-state index is 12.0. The first kappa shape index (κ1) is 28.4. The van der Waals surface area contributed by atoms with Gasteiger partial charge in [-0.2, -0.15) is 0 Å². The summed E-state index contributed by atoms with van der Waals surface area (Å²) in [4.78, 5) is 34.3. The molecule has 0 aliphatic carbocycles. The highest BCUT2D eigenvalue weighted by atomic mass is 16.6. The van der Waals surface area contributed by atoms with Gasteiger partial charge in [0.2, 0.25) is 0 Å². The Balaban J connectivity index is 3.81. The van der Waals surface area contributed by atoms with E-state index >= 15 is 0 Å². The van der Waals surface area contributed by atoms with Crippen LogP contribution >= 0.6 is 0 Å². The molecule has 0 fully saturated rings. The lowest BCUT2D eigenvalue weighted by atomic mass is 9.88. The molecular weight excluding hydrogens is 384 g/mol. The summed E-state index contributed by atoms with van der Waals surface area (Å²) in [6, 6.07) is 0. The molecule has 2 N–H and O–H groups in total. The van der Waals surface area contributed by atoms with E-state index in [-0.39, 0.29) is 0 Å². The summed E-state index contributed by atoms with van der Waals surface area (Å²) in [5, 5.41) is 18.2. The molecule has 30 heavy (non-hydrogen) atoms. The van der Waals surface area contributed by atoms with Crippen molar-refractivity contribution in [2.24, 2.45) is 11.8 Å². The third-order valence-corrected chi connectivity index (χ3v) is 5.80. The highest BCUT2D eigenvalue weighted by Gasteiger charge is 2.32. The SMILES string of the molecule is CCCCCCCCCCCCCCCCC(C(=O)O)C(C)C(=O)OC(C)C(=O)O. The normalized spacial score (nSPS) is 14.1. The summed E-state index contributed by atoms with van der Waals surface area (Å²) in [6.07, 6.45) is 16.4. The number of carboxylic acids is 2. The van der Waals surface area contributed by atoms with Crippen LogP contribution in [0, 0.1) is 11.8 Å². The Kier molecular flexibility index (Phi) is 17.2. The molecule has 0 aliphatic rings. The van der Waals surface area contributed by atoms with Gasteiger partial charge in [-0.15, -0.1) is 0 Å². The lowest BCUT2D eigenvalue weighted by Gasteiger charge is -2.20. The Morgan fingerprint density at radius 2 is 1.07 bits per heavy atom. The molecule has 0 aromatic carbocycles. The molecule has 0 bridgehead atoms. The van der Waals surface area contributed by atoms with Gasteiger partial charge in [0.15, 0.2) is 6.10 Å². The average Bonchev–Trinajstić information content (AvgIpc) is 2.70. The summed E-state index contributed by atoms with van der Waals surface area (Å²) >= 11 is 0. The number of esters is 1. The number of carboxylic acid groups (broad SMARTS) is 2. The Morgan fingerprint density at radius 1 is 0.667 bits per heavy atom. The molecule has 0 saturated heterocycles. The van der Waals surface area contributed by atoms with Crippen LogP contribution in [-0.4, -0.2) is 34.2 Å². The van der Waals surface area contributed by atoms with Crippen LogP contribution < -0.4 is 0 Å². The number of carbonyl (C=O) groups excluding carboxylic acids is 1. The molecule has 0 amide bonds. The molecule has 0 aromatic heterocycles. The average molecular weight is 429 g/mol. The van der Waals surface area contributed by atoms with Crippen LogP contribution in [0.3, 0.4) is 0 Å². The van der Waals surface area contributed by atoms with E-state index in [4.69, 9.17) is 9.84 Å². The molecule has 3 unspecified atom stereocenters. The smallest absolute Gasteiger partial charge is 0.344 e. The third kappa shape index (κ3) is 14.4. The van der Waals surface area contributed by atoms with Gasteiger partial charge in [-0.1, -0.05) is 104 Å². The molecule has 0 aliphatic heterocycles. The Morgan fingerprint density at radius 3 is 1.43 bits per heavy atom. The number of ether oxygens (including phenoxy) is 1. The summed E-state index contributed by atoms with van der Waals surface area (Å²) in [5.74, 6) is -4.73. The summed E-state index contributed by atoms with van der Waals surface area (Å²) < 4.78 is 4.83. The zero-order valence-electron chi connectivity index (χ0n) is 19.4. The third-order valence-electron chi connectivity index (χ3n) is 5.80. The van der Waals surface area contributed by atoms with Gasteiger partial charge in [-0.3, -0.25) is 9.59 Å². The van der Waals surface area contributed by atoms with Crippen molar-refractivity contribution >= 4 is 17.9 Å². The molecule has 0 heterocycles. The summed E-state index contributed by atoms with van der Waals surface area (Å²) in [6.45, 7) is 5.00. The Labute approximate surface area is 182 Å². The van der Waals surface area contributed by atoms with Crippen LogP contribution in [-0.2, 0) is 19.1 Å². The first-order valence-electron chi connectivity index (χ1n) is 12.0. The van der Waals surface area contributed by atoms with Gasteiger partial charge in [0.1, 0.15) is 0 Å². The van der Waals surface area contributed by atoms with Crippen molar-refractivity contribution in [3.8, 4) is 0 Å². The molecule has 0 rings (SSSR count). The molecule has 6 nitrogen and oxygen atoms in total. The molecule has 6 heteroatoms. The fourth-order valence-electron chi connectivity index (χ4n) is 3.64. The minimum absolute atomic E-state index is 0.408. The second-order valence-electron chi connectivity index (χ2n) is 8.54. The van der Waals surface area contributed by atoms with Crippen LogP contribution in [0.4, 0.5) is 0 Å². The van der Waals surface area contributed by atoms with Crippen molar-refractivity contribution in [2.75, 3.05) is 0 Å². The van der Waals surface area contributed by atoms with E-state index in [1.165, 1.54) is 84.5 Å². The molecular formula is C24H44O6. The van der Waals surface area contributed by atoms with Gasteiger partial charge in [0.25, 0.3) is 0 Å². The van der Waals surface area contributed by atoms with E-state index in [0.29, 0.717) is 6.42 Å². The number of carbonyl (C=O) groups is 3. The highest BCUT2D eigenvalue weighted by Crippen LogP contribution is 2.22. The van der Waals surface area contributed by atoms with Crippen molar-refractivity contribution in [3.05, 3.63) is 0 Å². The fourth-order valence-corrected chi connectivity index (χ4v) is 3.64. The number of hydrogen-bond acceptors (Lipinski definition) is 4. The predicted octanol–water partition coefficient (Wildman–Crippen LogP) is 6.21. The van der Waals surface area contributed by atoms with E-state index in [1.54, 1.807) is 0 Å². The number of rotatable bonds is 20.